The van der Waals surface area contributed by atoms with Gasteiger partial charge < -0.3 is 10.5 Å². The van der Waals surface area contributed by atoms with Crippen LogP contribution in [0.3, 0.4) is 0 Å². The van der Waals surface area contributed by atoms with E-state index in [-0.39, 0.29) is 12.6 Å². The van der Waals surface area contributed by atoms with E-state index in [4.69, 9.17) is 10.5 Å². The number of nitrogen functional groups attached to an aromatic ring is 1. The predicted molar refractivity (Wildman–Crippen MR) is 71.2 cm³/mol. The molecule has 0 aliphatic heterocycles. The van der Waals surface area contributed by atoms with Crippen LogP contribution in [0.5, 0.6) is 0 Å². The second-order valence-electron chi connectivity index (χ2n) is 4.14. The van der Waals surface area contributed by atoms with Crippen LogP contribution in [0.25, 0.3) is 0 Å². The summed E-state index contributed by atoms with van der Waals surface area (Å²) in [6.45, 7) is 2.13. The Balaban J connectivity index is 2.06. The van der Waals surface area contributed by atoms with Crippen molar-refractivity contribution >= 4 is 11.7 Å². The third-order valence-corrected chi connectivity index (χ3v) is 2.69. The molecule has 0 radical (unpaired) electrons. The van der Waals surface area contributed by atoms with E-state index in [2.05, 4.69) is 0 Å². The fourth-order valence-electron chi connectivity index (χ4n) is 1.66. The number of benzene rings is 2. The third-order valence-electron chi connectivity index (χ3n) is 2.69. The molecule has 2 N–H and O–H groups in total. The third kappa shape index (κ3) is 2.88. The van der Waals surface area contributed by atoms with Gasteiger partial charge in [-0.25, -0.2) is 4.79 Å². The standard InChI is InChI=1S/C15H15NO2/c1-11-7-8-13(16)9-14(11)15(17)18-10-12-5-3-2-4-6-12/h2-9H,10,16H2,1H3. The molecule has 0 saturated heterocycles. The lowest BCUT2D eigenvalue weighted by molar-refractivity contribution is 0.0472. The van der Waals surface area contributed by atoms with Gasteiger partial charge in [-0.1, -0.05) is 36.4 Å². The van der Waals surface area contributed by atoms with Gasteiger partial charge in [0.2, 0.25) is 0 Å². The molecule has 3 heteroatoms. The van der Waals surface area contributed by atoms with Gasteiger partial charge in [-0.05, 0) is 30.2 Å². The molecule has 0 heterocycles. The maximum atomic E-state index is 11.9. The zero-order valence-corrected chi connectivity index (χ0v) is 10.2. The number of hydrogen-bond donors (Lipinski definition) is 1. The second-order valence-corrected chi connectivity index (χ2v) is 4.14. The molecule has 92 valence electrons. The largest absolute Gasteiger partial charge is 0.457 e. The van der Waals surface area contributed by atoms with Gasteiger partial charge in [-0.3, -0.25) is 0 Å². The Morgan fingerprint density at radius 1 is 1.17 bits per heavy atom. The molecule has 2 aromatic rings. The van der Waals surface area contributed by atoms with Crippen LogP contribution in [-0.2, 0) is 11.3 Å². The lowest BCUT2D eigenvalue weighted by Gasteiger charge is -2.08. The normalized spacial score (nSPS) is 10.1. The van der Waals surface area contributed by atoms with Crippen molar-refractivity contribution in [3.05, 3.63) is 65.2 Å². The van der Waals surface area contributed by atoms with Gasteiger partial charge in [0.25, 0.3) is 0 Å². The fraction of sp³-hybridized carbons (Fsp3) is 0.133. The van der Waals surface area contributed by atoms with Crippen LogP contribution in [0.4, 0.5) is 5.69 Å². The Hall–Kier alpha value is -2.29. The number of aryl methyl sites for hydroxylation is 1. The van der Waals surface area contributed by atoms with E-state index in [0.717, 1.165) is 11.1 Å². The van der Waals surface area contributed by atoms with Crippen LogP contribution in [0.15, 0.2) is 48.5 Å². The molecule has 0 fully saturated rings. The Bertz CT molecular complexity index is 550. The molecule has 18 heavy (non-hydrogen) atoms. The van der Waals surface area contributed by atoms with E-state index in [1.54, 1.807) is 12.1 Å². The molecule has 3 nitrogen and oxygen atoms in total. The highest BCUT2D eigenvalue weighted by atomic mass is 16.5. The van der Waals surface area contributed by atoms with Crippen LogP contribution in [-0.4, -0.2) is 5.97 Å². The predicted octanol–water partition coefficient (Wildman–Crippen LogP) is 2.93. The highest BCUT2D eigenvalue weighted by molar-refractivity contribution is 5.92. The highest BCUT2D eigenvalue weighted by Gasteiger charge is 2.10. The average molecular weight is 241 g/mol. The van der Waals surface area contributed by atoms with Crippen molar-refractivity contribution in [3.8, 4) is 0 Å². The first-order valence-electron chi connectivity index (χ1n) is 5.74. The van der Waals surface area contributed by atoms with E-state index in [0.29, 0.717) is 11.3 Å². The zero-order valence-electron chi connectivity index (χ0n) is 10.2. The quantitative estimate of drug-likeness (QED) is 0.664. The van der Waals surface area contributed by atoms with E-state index in [1.807, 2.05) is 43.3 Å². The van der Waals surface area contributed by atoms with Gasteiger partial charge in [0, 0.05) is 5.69 Å². The fourth-order valence-corrected chi connectivity index (χ4v) is 1.66. The van der Waals surface area contributed by atoms with Crippen LogP contribution in [0.2, 0.25) is 0 Å². The molecule has 0 amide bonds. The molecular weight excluding hydrogens is 226 g/mol. The maximum Gasteiger partial charge on any atom is 0.338 e. The van der Waals surface area contributed by atoms with Gasteiger partial charge >= 0.3 is 5.97 Å². The minimum atomic E-state index is -0.344. The van der Waals surface area contributed by atoms with Gasteiger partial charge in [0.1, 0.15) is 6.61 Å². The minimum absolute atomic E-state index is 0.272. The number of ether oxygens (including phenoxy) is 1. The summed E-state index contributed by atoms with van der Waals surface area (Å²) >= 11 is 0. The topological polar surface area (TPSA) is 52.3 Å². The van der Waals surface area contributed by atoms with Crippen molar-refractivity contribution in [1.29, 1.82) is 0 Å². The van der Waals surface area contributed by atoms with Crippen LogP contribution in [0, 0.1) is 6.92 Å². The first kappa shape index (κ1) is 12.2. The van der Waals surface area contributed by atoms with Crippen LogP contribution < -0.4 is 5.73 Å². The summed E-state index contributed by atoms with van der Waals surface area (Å²) in [6, 6.07) is 14.8. The molecule has 0 aliphatic rings. The molecule has 0 unspecified atom stereocenters. The van der Waals surface area contributed by atoms with Gasteiger partial charge in [0.15, 0.2) is 0 Å². The number of carbonyl (C=O) groups is 1. The summed E-state index contributed by atoms with van der Waals surface area (Å²) in [4.78, 5) is 11.9. The van der Waals surface area contributed by atoms with Gasteiger partial charge in [-0.15, -0.1) is 0 Å². The number of hydrogen-bond acceptors (Lipinski definition) is 3. The van der Waals surface area contributed by atoms with Crippen molar-refractivity contribution in [1.82, 2.24) is 0 Å². The Labute approximate surface area is 106 Å². The van der Waals surface area contributed by atoms with E-state index in [1.165, 1.54) is 0 Å². The number of esters is 1. The zero-order chi connectivity index (χ0) is 13.0. The summed E-state index contributed by atoms with van der Waals surface area (Å²) in [5, 5.41) is 0. The summed E-state index contributed by atoms with van der Waals surface area (Å²) in [6.07, 6.45) is 0. The lowest BCUT2D eigenvalue weighted by Crippen LogP contribution is -2.07. The van der Waals surface area contributed by atoms with E-state index in [9.17, 15) is 4.79 Å². The number of nitrogens with two attached hydrogens (primary N) is 1. The number of anilines is 1. The summed E-state index contributed by atoms with van der Waals surface area (Å²) < 4.78 is 5.26. The van der Waals surface area contributed by atoms with Crippen LogP contribution >= 0.6 is 0 Å². The monoisotopic (exact) mass is 241 g/mol. The Morgan fingerprint density at radius 2 is 1.89 bits per heavy atom. The van der Waals surface area contributed by atoms with Crippen molar-refractivity contribution in [2.75, 3.05) is 5.73 Å². The SMILES string of the molecule is Cc1ccc(N)cc1C(=O)OCc1ccccc1. The first-order valence-corrected chi connectivity index (χ1v) is 5.74. The Morgan fingerprint density at radius 3 is 2.61 bits per heavy atom. The van der Waals surface area contributed by atoms with Gasteiger partial charge in [0.05, 0.1) is 5.56 Å². The summed E-state index contributed by atoms with van der Waals surface area (Å²) in [7, 11) is 0. The molecule has 0 bridgehead atoms. The molecule has 0 saturated carbocycles. The van der Waals surface area contributed by atoms with E-state index >= 15 is 0 Å². The first-order chi connectivity index (χ1) is 8.66. The molecular formula is C15H15NO2. The molecule has 2 rings (SSSR count). The molecule has 2 aromatic carbocycles. The summed E-state index contributed by atoms with van der Waals surface area (Å²) in [5.74, 6) is -0.344. The smallest absolute Gasteiger partial charge is 0.338 e. The van der Waals surface area contributed by atoms with Crippen molar-refractivity contribution < 1.29 is 9.53 Å². The van der Waals surface area contributed by atoms with Gasteiger partial charge in [-0.2, -0.15) is 0 Å². The van der Waals surface area contributed by atoms with Crippen molar-refractivity contribution in [2.45, 2.75) is 13.5 Å². The molecule has 0 aliphatic carbocycles. The second kappa shape index (κ2) is 5.36. The minimum Gasteiger partial charge on any atom is -0.457 e. The van der Waals surface area contributed by atoms with Crippen molar-refractivity contribution in [3.63, 3.8) is 0 Å². The van der Waals surface area contributed by atoms with Crippen LogP contribution in [0.1, 0.15) is 21.5 Å². The Kier molecular flexibility index (Phi) is 3.63. The maximum absolute atomic E-state index is 11.9. The molecule has 0 atom stereocenters. The molecule has 0 spiro atoms. The van der Waals surface area contributed by atoms with E-state index < -0.39 is 0 Å². The lowest BCUT2D eigenvalue weighted by atomic mass is 10.1. The number of carbonyl (C=O) groups excluding carboxylic acids is 1. The highest BCUT2D eigenvalue weighted by Crippen LogP contribution is 2.14. The number of rotatable bonds is 3. The van der Waals surface area contributed by atoms with Crippen molar-refractivity contribution in [2.24, 2.45) is 0 Å². The summed E-state index contributed by atoms with van der Waals surface area (Å²) in [5.41, 5.74) is 8.57. The average Bonchev–Trinajstić information content (AvgIpc) is 2.40. The molecule has 0 aromatic heterocycles.